The average molecular weight is 449 g/mol. The molecule has 164 valence electrons. The fourth-order valence-corrected chi connectivity index (χ4v) is 5.66. The zero-order valence-corrected chi connectivity index (χ0v) is 18.7. The van der Waals surface area contributed by atoms with Crippen molar-refractivity contribution in [2.45, 2.75) is 25.7 Å². The molecule has 4 aromatic rings. The van der Waals surface area contributed by atoms with Gasteiger partial charge in [-0.2, -0.15) is 0 Å². The van der Waals surface area contributed by atoms with Gasteiger partial charge in [0.05, 0.1) is 21.5 Å². The minimum absolute atomic E-state index is 0.0881. The van der Waals surface area contributed by atoms with E-state index in [2.05, 4.69) is 39.2 Å². The molecule has 1 aliphatic heterocycles. The Balaban J connectivity index is 1.33. The van der Waals surface area contributed by atoms with E-state index in [0.717, 1.165) is 34.6 Å². The van der Waals surface area contributed by atoms with E-state index in [1.165, 1.54) is 29.3 Å². The molecule has 5 nitrogen and oxygen atoms in total. The van der Waals surface area contributed by atoms with Crippen LogP contribution < -0.4 is 10.2 Å². The first-order valence-corrected chi connectivity index (χ1v) is 11.8. The highest BCUT2D eigenvalue weighted by Crippen LogP contribution is 2.39. The number of piperidine rings is 1. The second kappa shape index (κ2) is 8.82. The van der Waals surface area contributed by atoms with Gasteiger partial charge in [-0.3, -0.25) is 4.79 Å². The molecule has 1 N–H and O–H groups in total. The third kappa shape index (κ3) is 3.93. The van der Waals surface area contributed by atoms with Crippen LogP contribution in [0.2, 0.25) is 0 Å². The Morgan fingerprint density at radius 2 is 2.06 bits per heavy atom. The van der Waals surface area contributed by atoms with E-state index in [1.54, 1.807) is 6.07 Å². The van der Waals surface area contributed by atoms with Gasteiger partial charge < -0.3 is 10.2 Å². The number of thiophene rings is 1. The summed E-state index contributed by atoms with van der Waals surface area (Å²) in [6, 6.07) is 15.3. The Hall–Kier alpha value is -3.06. The third-order valence-corrected chi connectivity index (χ3v) is 7.39. The van der Waals surface area contributed by atoms with Gasteiger partial charge in [0.25, 0.3) is 0 Å². The smallest absolute Gasteiger partial charge is 0.224 e. The standard InChI is InChI=1S/C25H25FN4OS/c1-16(17-7-3-2-4-8-17)13-27-25(31)18-9-6-12-30(14-18)24-23-22(28-15-29-24)21-19(26)10-5-11-20(21)32-23/h2-5,7-8,10-11,15-16,18H,6,9,12-14H2,1H3,(H,27,31)/t16-,18+/m0/s1. The van der Waals surface area contributed by atoms with Crippen molar-refractivity contribution < 1.29 is 9.18 Å². The summed E-state index contributed by atoms with van der Waals surface area (Å²) in [5.74, 6) is 0.787. The fraction of sp³-hybridized carbons (Fsp3) is 0.320. The van der Waals surface area contributed by atoms with Crippen molar-refractivity contribution >= 4 is 43.4 Å². The molecule has 0 unspecified atom stereocenters. The lowest BCUT2D eigenvalue weighted by Crippen LogP contribution is -2.44. The van der Waals surface area contributed by atoms with Crippen LogP contribution in [0.1, 0.15) is 31.2 Å². The Kier molecular flexibility index (Phi) is 5.74. The molecule has 2 atom stereocenters. The molecule has 3 heterocycles. The number of nitrogens with one attached hydrogen (secondary N) is 1. The molecule has 1 saturated heterocycles. The number of anilines is 1. The lowest BCUT2D eigenvalue weighted by Gasteiger charge is -2.33. The normalized spacial score (nSPS) is 17.6. The van der Waals surface area contributed by atoms with Gasteiger partial charge in [-0.15, -0.1) is 11.3 Å². The minimum Gasteiger partial charge on any atom is -0.355 e. The van der Waals surface area contributed by atoms with Crippen LogP contribution in [0.4, 0.5) is 10.2 Å². The molecular weight excluding hydrogens is 423 g/mol. The number of carbonyl (C=O) groups is 1. The summed E-state index contributed by atoms with van der Waals surface area (Å²) in [6.45, 7) is 4.18. The molecule has 0 bridgehead atoms. The predicted molar refractivity (Wildman–Crippen MR) is 128 cm³/mol. The zero-order valence-electron chi connectivity index (χ0n) is 17.9. The number of aromatic nitrogens is 2. The lowest BCUT2D eigenvalue weighted by molar-refractivity contribution is -0.125. The SMILES string of the molecule is C[C@@H](CNC(=O)[C@@H]1CCCN(c2ncnc3c2sc2cccc(F)c23)C1)c1ccccc1. The molecule has 32 heavy (non-hydrogen) atoms. The molecular formula is C25H25FN4OS. The average Bonchev–Trinajstić information content (AvgIpc) is 3.23. The summed E-state index contributed by atoms with van der Waals surface area (Å²) in [4.78, 5) is 24.0. The number of nitrogens with zero attached hydrogens (tertiary/aromatic N) is 3. The van der Waals surface area contributed by atoms with Gasteiger partial charge >= 0.3 is 0 Å². The molecule has 2 aromatic carbocycles. The Morgan fingerprint density at radius 1 is 1.22 bits per heavy atom. The van der Waals surface area contributed by atoms with Crippen molar-refractivity contribution in [2.24, 2.45) is 5.92 Å². The van der Waals surface area contributed by atoms with E-state index in [1.807, 2.05) is 24.3 Å². The summed E-state index contributed by atoms with van der Waals surface area (Å²) in [6.07, 6.45) is 3.27. The quantitative estimate of drug-likeness (QED) is 0.460. The summed E-state index contributed by atoms with van der Waals surface area (Å²) >= 11 is 1.51. The van der Waals surface area contributed by atoms with Gasteiger partial charge in [0.15, 0.2) is 0 Å². The van der Waals surface area contributed by atoms with Gasteiger partial charge in [0.1, 0.15) is 18.0 Å². The molecule has 5 rings (SSSR count). The van der Waals surface area contributed by atoms with Crippen molar-refractivity contribution in [1.82, 2.24) is 15.3 Å². The number of hydrogen-bond acceptors (Lipinski definition) is 5. The Morgan fingerprint density at radius 3 is 2.91 bits per heavy atom. The summed E-state index contributed by atoms with van der Waals surface area (Å²) in [5.41, 5.74) is 1.87. The molecule has 7 heteroatoms. The maximum atomic E-state index is 14.4. The van der Waals surface area contributed by atoms with Crippen LogP contribution in [0.25, 0.3) is 20.3 Å². The monoisotopic (exact) mass is 448 g/mol. The van der Waals surface area contributed by atoms with Gasteiger partial charge in [-0.1, -0.05) is 43.3 Å². The van der Waals surface area contributed by atoms with E-state index in [-0.39, 0.29) is 23.6 Å². The highest BCUT2D eigenvalue weighted by molar-refractivity contribution is 7.26. The Bertz CT molecular complexity index is 1260. The first-order chi connectivity index (χ1) is 15.6. The summed E-state index contributed by atoms with van der Waals surface area (Å²) in [5, 5.41) is 3.70. The van der Waals surface area contributed by atoms with Crippen molar-refractivity contribution in [3.8, 4) is 0 Å². The van der Waals surface area contributed by atoms with Crippen LogP contribution in [-0.4, -0.2) is 35.5 Å². The molecule has 2 aromatic heterocycles. The number of amides is 1. The molecule has 0 spiro atoms. The molecule has 1 amide bonds. The second-order valence-corrected chi connectivity index (χ2v) is 9.48. The number of halogens is 1. The van der Waals surface area contributed by atoms with Crippen molar-refractivity contribution in [1.29, 1.82) is 0 Å². The van der Waals surface area contributed by atoms with E-state index in [9.17, 15) is 9.18 Å². The lowest BCUT2D eigenvalue weighted by atomic mass is 9.96. The first-order valence-electron chi connectivity index (χ1n) is 11.0. The highest BCUT2D eigenvalue weighted by atomic mass is 32.1. The highest BCUT2D eigenvalue weighted by Gasteiger charge is 2.28. The van der Waals surface area contributed by atoms with Crippen molar-refractivity contribution in [3.63, 3.8) is 0 Å². The number of hydrogen-bond donors (Lipinski definition) is 1. The third-order valence-electron chi connectivity index (χ3n) is 6.25. The minimum atomic E-state index is -0.262. The summed E-state index contributed by atoms with van der Waals surface area (Å²) < 4.78 is 16.2. The Labute approximate surface area is 190 Å². The number of benzene rings is 2. The maximum absolute atomic E-state index is 14.4. The number of fused-ring (bicyclic) bond motifs is 3. The van der Waals surface area contributed by atoms with Crippen LogP contribution >= 0.6 is 11.3 Å². The largest absolute Gasteiger partial charge is 0.355 e. The van der Waals surface area contributed by atoms with E-state index in [4.69, 9.17) is 0 Å². The van der Waals surface area contributed by atoms with Crippen LogP contribution in [0.15, 0.2) is 54.9 Å². The van der Waals surface area contributed by atoms with Gasteiger partial charge in [0.2, 0.25) is 5.91 Å². The van der Waals surface area contributed by atoms with Gasteiger partial charge in [-0.25, -0.2) is 14.4 Å². The zero-order chi connectivity index (χ0) is 22.1. The van der Waals surface area contributed by atoms with E-state index in [0.29, 0.717) is 24.0 Å². The van der Waals surface area contributed by atoms with Gasteiger partial charge in [-0.05, 0) is 36.5 Å². The molecule has 1 fully saturated rings. The second-order valence-electron chi connectivity index (χ2n) is 8.43. The van der Waals surface area contributed by atoms with E-state index < -0.39 is 0 Å². The maximum Gasteiger partial charge on any atom is 0.224 e. The number of carbonyl (C=O) groups excluding carboxylic acids is 1. The molecule has 1 aliphatic rings. The van der Waals surface area contributed by atoms with Crippen molar-refractivity contribution in [3.05, 3.63) is 66.2 Å². The van der Waals surface area contributed by atoms with Crippen LogP contribution in [0.3, 0.4) is 0 Å². The molecule has 0 radical (unpaired) electrons. The molecule has 0 aliphatic carbocycles. The van der Waals surface area contributed by atoms with Crippen LogP contribution in [0.5, 0.6) is 0 Å². The summed E-state index contributed by atoms with van der Waals surface area (Å²) in [7, 11) is 0. The molecule has 0 saturated carbocycles. The van der Waals surface area contributed by atoms with Crippen LogP contribution in [0, 0.1) is 11.7 Å². The topological polar surface area (TPSA) is 58.1 Å². The van der Waals surface area contributed by atoms with Crippen molar-refractivity contribution in [2.75, 3.05) is 24.5 Å². The number of rotatable bonds is 5. The predicted octanol–water partition coefficient (Wildman–Crippen LogP) is 5.12. The fourth-order valence-electron chi connectivity index (χ4n) is 4.47. The van der Waals surface area contributed by atoms with E-state index >= 15 is 0 Å². The first kappa shape index (κ1) is 20.8. The van der Waals surface area contributed by atoms with Crippen LogP contribution in [-0.2, 0) is 4.79 Å². The van der Waals surface area contributed by atoms with Gasteiger partial charge in [0, 0.05) is 24.3 Å².